The van der Waals surface area contributed by atoms with E-state index in [9.17, 15) is 9.00 Å². The summed E-state index contributed by atoms with van der Waals surface area (Å²) in [6.45, 7) is 0. The van der Waals surface area contributed by atoms with Crippen LogP contribution in [-0.2, 0) is 24.3 Å². The zero-order valence-corrected chi connectivity index (χ0v) is 11.3. The van der Waals surface area contributed by atoms with Gasteiger partial charge >= 0.3 is 5.97 Å². The molecule has 2 rings (SSSR count). The third-order valence-electron chi connectivity index (χ3n) is 2.79. The van der Waals surface area contributed by atoms with E-state index in [1.165, 1.54) is 6.07 Å². The van der Waals surface area contributed by atoms with Gasteiger partial charge in [-0.25, -0.2) is 9.78 Å². The number of hydrogen-bond donors (Lipinski definition) is 1. The molecule has 1 unspecified atom stereocenters. The summed E-state index contributed by atoms with van der Waals surface area (Å²) in [6.07, 6.45) is 4.05. The van der Waals surface area contributed by atoms with Crippen LogP contribution in [0.4, 0.5) is 0 Å². The lowest BCUT2D eigenvalue weighted by molar-refractivity contribution is 0.0693. The van der Waals surface area contributed by atoms with Crippen LogP contribution in [0.2, 0.25) is 0 Å². The van der Waals surface area contributed by atoms with Crippen LogP contribution in [0.25, 0.3) is 0 Å². The largest absolute Gasteiger partial charge is 0.478 e. The molecule has 0 amide bonds. The Morgan fingerprint density at radius 2 is 2.16 bits per heavy atom. The maximum absolute atomic E-state index is 12.2. The molecular weight excluding hydrogens is 264 g/mol. The number of imidazole rings is 1. The normalized spacial score (nSPS) is 12.3. The van der Waals surface area contributed by atoms with E-state index in [0.29, 0.717) is 17.1 Å². The molecule has 0 radical (unpaired) electrons. The number of aromatic carboxylic acids is 1. The van der Waals surface area contributed by atoms with Gasteiger partial charge in [0.05, 0.1) is 21.3 Å². The zero-order valence-electron chi connectivity index (χ0n) is 10.4. The van der Waals surface area contributed by atoms with Gasteiger partial charge in [-0.15, -0.1) is 0 Å². The van der Waals surface area contributed by atoms with Gasteiger partial charge in [0.2, 0.25) is 0 Å². The third-order valence-corrected chi connectivity index (χ3v) is 4.22. The number of carbonyl (C=O) groups is 1. The van der Waals surface area contributed by atoms with Crippen molar-refractivity contribution in [2.24, 2.45) is 7.05 Å². The first-order chi connectivity index (χ1) is 9.09. The standard InChI is InChI=1S/C13H14N2O3S/c1-15-8-7-14-12(15)6-9-19(18)11-5-3-2-4-10(11)13(16)17/h2-5,7-8H,6,9H2,1H3,(H,16,17). The lowest BCUT2D eigenvalue weighted by atomic mass is 10.2. The molecule has 1 N–H and O–H groups in total. The van der Waals surface area contributed by atoms with Crippen molar-refractivity contribution in [2.45, 2.75) is 11.3 Å². The van der Waals surface area contributed by atoms with E-state index >= 15 is 0 Å². The molecule has 100 valence electrons. The molecule has 1 heterocycles. The molecule has 19 heavy (non-hydrogen) atoms. The van der Waals surface area contributed by atoms with Crippen molar-refractivity contribution >= 4 is 16.8 Å². The summed E-state index contributed by atoms with van der Waals surface area (Å²) < 4.78 is 14.0. The maximum atomic E-state index is 12.2. The average molecular weight is 278 g/mol. The molecule has 5 nitrogen and oxygen atoms in total. The van der Waals surface area contributed by atoms with Gasteiger partial charge in [0.15, 0.2) is 0 Å². The van der Waals surface area contributed by atoms with Crippen LogP contribution in [0, 0.1) is 0 Å². The second kappa shape index (κ2) is 5.79. The summed E-state index contributed by atoms with van der Waals surface area (Å²) in [5.74, 6) is 0.136. The molecule has 1 aromatic carbocycles. The molecule has 1 aromatic heterocycles. The highest BCUT2D eigenvalue weighted by Crippen LogP contribution is 2.14. The van der Waals surface area contributed by atoms with Crippen molar-refractivity contribution in [3.63, 3.8) is 0 Å². The van der Waals surface area contributed by atoms with Crippen LogP contribution in [0.1, 0.15) is 16.2 Å². The molecule has 0 spiro atoms. The Bertz CT molecular complexity index is 622. The minimum Gasteiger partial charge on any atom is -0.478 e. The van der Waals surface area contributed by atoms with Crippen LogP contribution in [0.15, 0.2) is 41.6 Å². The molecule has 0 saturated heterocycles. The quantitative estimate of drug-likeness (QED) is 0.899. The molecule has 6 heteroatoms. The zero-order chi connectivity index (χ0) is 13.8. The summed E-state index contributed by atoms with van der Waals surface area (Å²) >= 11 is 0. The Hall–Kier alpha value is -1.95. The summed E-state index contributed by atoms with van der Waals surface area (Å²) in [5.41, 5.74) is 0.0978. The van der Waals surface area contributed by atoms with Crippen LogP contribution in [0.5, 0.6) is 0 Å². The van der Waals surface area contributed by atoms with Crippen molar-refractivity contribution in [3.8, 4) is 0 Å². The molecular formula is C13H14N2O3S. The van der Waals surface area contributed by atoms with Gasteiger partial charge in [-0.3, -0.25) is 4.21 Å². The second-order valence-electron chi connectivity index (χ2n) is 4.06. The summed E-state index contributed by atoms with van der Waals surface area (Å²) in [5, 5.41) is 9.06. The van der Waals surface area contributed by atoms with Gasteiger partial charge in [-0.1, -0.05) is 12.1 Å². The molecule has 0 fully saturated rings. The molecule has 2 aromatic rings. The molecule has 0 bridgehead atoms. The number of benzene rings is 1. The van der Waals surface area contributed by atoms with E-state index in [1.54, 1.807) is 24.4 Å². The number of nitrogens with zero attached hydrogens (tertiary/aromatic N) is 2. The first-order valence-corrected chi connectivity index (χ1v) is 7.08. The van der Waals surface area contributed by atoms with Gasteiger partial charge in [0.1, 0.15) is 5.82 Å². The van der Waals surface area contributed by atoms with Crippen molar-refractivity contribution in [1.82, 2.24) is 9.55 Å². The van der Waals surface area contributed by atoms with E-state index in [1.807, 2.05) is 17.8 Å². The van der Waals surface area contributed by atoms with Gasteiger partial charge in [-0.05, 0) is 12.1 Å². The van der Waals surface area contributed by atoms with Gasteiger partial charge in [0.25, 0.3) is 0 Å². The Labute approximate surface area is 113 Å². The highest BCUT2D eigenvalue weighted by Gasteiger charge is 2.15. The minimum absolute atomic E-state index is 0.0978. The third kappa shape index (κ3) is 3.08. The van der Waals surface area contributed by atoms with E-state index in [-0.39, 0.29) is 5.56 Å². The van der Waals surface area contributed by atoms with Crippen LogP contribution in [0.3, 0.4) is 0 Å². The smallest absolute Gasteiger partial charge is 0.336 e. The second-order valence-corrected chi connectivity index (χ2v) is 5.59. The number of carboxylic acid groups (broad SMARTS) is 1. The van der Waals surface area contributed by atoms with E-state index in [2.05, 4.69) is 4.98 Å². The van der Waals surface area contributed by atoms with E-state index in [0.717, 1.165) is 5.82 Å². The molecule has 0 aliphatic heterocycles. The fourth-order valence-corrected chi connectivity index (χ4v) is 2.99. The average Bonchev–Trinajstić information content (AvgIpc) is 2.81. The number of rotatable bonds is 5. The number of hydrogen-bond acceptors (Lipinski definition) is 3. The van der Waals surface area contributed by atoms with Gasteiger partial charge < -0.3 is 9.67 Å². The van der Waals surface area contributed by atoms with Crippen LogP contribution >= 0.6 is 0 Å². The van der Waals surface area contributed by atoms with Crippen LogP contribution < -0.4 is 0 Å². The van der Waals surface area contributed by atoms with Crippen molar-refractivity contribution in [1.29, 1.82) is 0 Å². The van der Waals surface area contributed by atoms with E-state index in [4.69, 9.17) is 5.11 Å². The first kappa shape index (κ1) is 13.5. The van der Waals surface area contributed by atoms with Crippen molar-refractivity contribution < 1.29 is 14.1 Å². The lowest BCUT2D eigenvalue weighted by Gasteiger charge is -2.06. The molecule has 0 saturated carbocycles. The Morgan fingerprint density at radius 1 is 1.42 bits per heavy atom. The summed E-state index contributed by atoms with van der Waals surface area (Å²) in [6, 6.07) is 6.39. The van der Waals surface area contributed by atoms with E-state index < -0.39 is 16.8 Å². The Kier molecular flexibility index (Phi) is 4.11. The molecule has 1 atom stereocenters. The molecule has 0 aliphatic rings. The lowest BCUT2D eigenvalue weighted by Crippen LogP contribution is -2.10. The minimum atomic E-state index is -1.34. The number of aryl methyl sites for hydroxylation is 2. The molecule has 0 aliphatic carbocycles. The predicted octanol–water partition coefficient (Wildman–Crippen LogP) is 1.47. The fourth-order valence-electron chi connectivity index (χ4n) is 1.77. The maximum Gasteiger partial charge on any atom is 0.336 e. The first-order valence-electron chi connectivity index (χ1n) is 5.76. The predicted molar refractivity (Wildman–Crippen MR) is 71.6 cm³/mol. The Balaban J connectivity index is 2.13. The van der Waals surface area contributed by atoms with Crippen molar-refractivity contribution in [2.75, 3.05) is 5.75 Å². The van der Waals surface area contributed by atoms with Gasteiger partial charge in [-0.2, -0.15) is 0 Å². The van der Waals surface area contributed by atoms with Gasteiger partial charge in [0, 0.05) is 31.6 Å². The monoisotopic (exact) mass is 278 g/mol. The topological polar surface area (TPSA) is 72.2 Å². The van der Waals surface area contributed by atoms with Crippen LogP contribution in [-0.4, -0.2) is 30.6 Å². The summed E-state index contributed by atoms with van der Waals surface area (Å²) in [4.78, 5) is 15.6. The Morgan fingerprint density at radius 3 is 2.79 bits per heavy atom. The number of aromatic nitrogens is 2. The fraction of sp³-hybridized carbons (Fsp3) is 0.231. The number of carboxylic acids is 1. The summed E-state index contributed by atoms with van der Waals surface area (Å²) in [7, 11) is 0.529. The van der Waals surface area contributed by atoms with Crippen molar-refractivity contribution in [3.05, 3.63) is 48.0 Å². The highest BCUT2D eigenvalue weighted by atomic mass is 32.2. The SMILES string of the molecule is Cn1ccnc1CCS(=O)c1ccccc1C(=O)O. The highest BCUT2D eigenvalue weighted by molar-refractivity contribution is 7.85.